The summed E-state index contributed by atoms with van der Waals surface area (Å²) in [5.41, 5.74) is 1.15. The Balaban J connectivity index is 1.98. The molecule has 3 rings (SSSR count). The molecule has 2 heterocycles. The molecule has 0 bridgehead atoms. The van der Waals surface area contributed by atoms with Gasteiger partial charge in [-0.1, -0.05) is 12.1 Å². The third-order valence-electron chi connectivity index (χ3n) is 4.32. The van der Waals surface area contributed by atoms with Crippen molar-refractivity contribution < 1.29 is 14.6 Å². The average Bonchev–Trinajstić information content (AvgIpc) is 2.52. The first kappa shape index (κ1) is 16.8. The molecule has 1 fully saturated rings. The van der Waals surface area contributed by atoms with Gasteiger partial charge in [-0.3, -0.25) is 0 Å². The first-order chi connectivity index (χ1) is 10.9. The van der Waals surface area contributed by atoms with Gasteiger partial charge in [-0.15, -0.1) is 0 Å². The molecule has 2 aliphatic rings. The van der Waals surface area contributed by atoms with Crippen molar-refractivity contribution in [2.24, 2.45) is 10.3 Å². The van der Waals surface area contributed by atoms with Crippen LogP contribution in [0.25, 0.3) is 0 Å². The Bertz CT molecular complexity index is 588. The summed E-state index contributed by atoms with van der Waals surface area (Å²) < 4.78 is 16.2. The Hall–Kier alpha value is -1.04. The van der Waals surface area contributed by atoms with Crippen LogP contribution in [-0.4, -0.2) is 41.0 Å². The predicted molar refractivity (Wildman–Crippen MR) is 94.3 cm³/mol. The second-order valence-corrected chi connectivity index (χ2v) is 8.85. The van der Waals surface area contributed by atoms with Gasteiger partial charge in [0.15, 0.2) is 0 Å². The quantitative estimate of drug-likeness (QED) is 0.841. The van der Waals surface area contributed by atoms with Crippen LogP contribution in [0.5, 0.6) is 5.75 Å². The van der Waals surface area contributed by atoms with E-state index in [9.17, 15) is 5.11 Å². The molecule has 1 aromatic carbocycles. The van der Waals surface area contributed by atoms with Crippen LogP contribution in [0, 0.1) is 5.92 Å². The van der Waals surface area contributed by atoms with Crippen LogP contribution in [0.2, 0.25) is 0 Å². The number of hydrogen-bond donors (Lipinski definition) is 1. The van der Waals surface area contributed by atoms with E-state index in [0.29, 0.717) is 32.7 Å². The minimum atomic E-state index is -0.803. The van der Waals surface area contributed by atoms with Gasteiger partial charge in [0.1, 0.15) is 5.75 Å². The lowest BCUT2D eigenvalue weighted by Gasteiger charge is -2.41. The lowest BCUT2D eigenvalue weighted by molar-refractivity contribution is -0.0912. The lowest BCUT2D eigenvalue weighted by Crippen LogP contribution is -2.50. The van der Waals surface area contributed by atoms with Crippen molar-refractivity contribution in [3.8, 4) is 5.75 Å². The number of para-hydroxylation sites is 1. The van der Waals surface area contributed by atoms with E-state index in [1.54, 1.807) is 11.9 Å². The second-order valence-electron chi connectivity index (χ2n) is 7.26. The van der Waals surface area contributed by atoms with Crippen molar-refractivity contribution in [2.45, 2.75) is 44.0 Å². The smallest absolute Gasteiger partial charge is 0.128 e. The van der Waals surface area contributed by atoms with E-state index in [1.807, 2.05) is 24.3 Å². The van der Waals surface area contributed by atoms with E-state index in [4.69, 9.17) is 13.9 Å². The minimum absolute atomic E-state index is 0.0308. The van der Waals surface area contributed by atoms with Gasteiger partial charge in [0, 0.05) is 36.4 Å². The first-order valence-corrected chi connectivity index (χ1v) is 8.95. The molecule has 0 spiro atoms. The fourth-order valence-electron chi connectivity index (χ4n) is 3.03. The van der Waals surface area contributed by atoms with Crippen molar-refractivity contribution in [3.63, 3.8) is 0 Å². The van der Waals surface area contributed by atoms with E-state index >= 15 is 0 Å². The Kier molecular flexibility index (Phi) is 4.72. The molecule has 23 heavy (non-hydrogen) atoms. The van der Waals surface area contributed by atoms with Gasteiger partial charge in [-0.25, -0.2) is 4.40 Å². The van der Waals surface area contributed by atoms with Crippen LogP contribution >= 0.6 is 11.9 Å². The van der Waals surface area contributed by atoms with Gasteiger partial charge < -0.3 is 14.6 Å². The fourth-order valence-corrected chi connectivity index (χ4v) is 3.62. The van der Waals surface area contributed by atoms with Gasteiger partial charge in [-0.2, -0.15) is 0 Å². The highest BCUT2D eigenvalue weighted by Gasteiger charge is 2.44. The monoisotopic (exact) mass is 335 g/mol. The molecule has 1 unspecified atom stereocenters. The van der Waals surface area contributed by atoms with Gasteiger partial charge in [0.05, 0.1) is 23.8 Å². The van der Waals surface area contributed by atoms with Crippen molar-refractivity contribution in [2.75, 3.05) is 19.8 Å². The molecular weight excluding hydrogens is 310 g/mol. The summed E-state index contributed by atoms with van der Waals surface area (Å²) in [5.74, 6) is 0.740. The molecule has 0 amide bonds. The predicted octanol–water partition coefficient (Wildman–Crippen LogP) is 3.47. The summed E-state index contributed by atoms with van der Waals surface area (Å²) in [7, 11) is 0. The van der Waals surface area contributed by atoms with Crippen LogP contribution in [0.15, 0.2) is 28.7 Å². The molecule has 126 valence electrons. The van der Waals surface area contributed by atoms with Crippen LogP contribution in [-0.2, 0) is 4.74 Å². The highest BCUT2D eigenvalue weighted by molar-refractivity contribution is 7.99. The summed E-state index contributed by atoms with van der Waals surface area (Å²) in [6, 6.07) is 7.97. The van der Waals surface area contributed by atoms with Crippen molar-refractivity contribution in [3.05, 3.63) is 29.8 Å². The third kappa shape index (κ3) is 3.73. The summed E-state index contributed by atoms with van der Waals surface area (Å²) in [5, 5.41) is 11.2. The number of fused-ring (bicyclic) bond motifs is 1. The van der Waals surface area contributed by atoms with Crippen molar-refractivity contribution >= 4 is 17.7 Å². The second kappa shape index (κ2) is 6.46. The zero-order valence-corrected chi connectivity index (χ0v) is 14.9. The number of rotatable bonds is 2. The summed E-state index contributed by atoms with van der Waals surface area (Å²) in [6.07, 6.45) is 1.25. The molecule has 1 N–H and O–H groups in total. The standard InChI is InChI=1S/C18H25NO3S/c1-17(2,3)23-19-16-13-6-4-5-7-15(13)22-12-14(16)18(20)8-10-21-11-9-18/h4-7,14,20H,8-12H2,1-3H3/b19-16-. The molecule has 5 heteroatoms. The molecular formula is C18H25NO3S. The maximum atomic E-state index is 11.2. The highest BCUT2D eigenvalue weighted by atomic mass is 32.2. The number of hydrogen-bond acceptors (Lipinski definition) is 5. The maximum Gasteiger partial charge on any atom is 0.128 e. The average molecular weight is 335 g/mol. The fraction of sp³-hybridized carbons (Fsp3) is 0.611. The SMILES string of the molecule is CC(C)(C)S/N=C1/c2ccccc2OCC1C1(O)CCOCC1. The van der Waals surface area contributed by atoms with Crippen LogP contribution < -0.4 is 4.74 Å². The van der Waals surface area contributed by atoms with E-state index in [1.165, 1.54) is 0 Å². The third-order valence-corrected chi connectivity index (χ3v) is 5.16. The lowest BCUT2D eigenvalue weighted by atomic mass is 9.76. The van der Waals surface area contributed by atoms with E-state index in [-0.39, 0.29) is 10.7 Å². The Morgan fingerprint density at radius 1 is 1.22 bits per heavy atom. The topological polar surface area (TPSA) is 51.0 Å². The summed E-state index contributed by atoms with van der Waals surface area (Å²) >= 11 is 1.56. The number of nitrogens with zero attached hydrogens (tertiary/aromatic N) is 1. The minimum Gasteiger partial charge on any atom is -0.492 e. The summed E-state index contributed by atoms with van der Waals surface area (Å²) in [6.45, 7) is 8.08. The van der Waals surface area contributed by atoms with Gasteiger partial charge in [0.25, 0.3) is 0 Å². The van der Waals surface area contributed by atoms with Gasteiger partial charge in [0.2, 0.25) is 0 Å². The highest BCUT2D eigenvalue weighted by Crippen LogP contribution is 2.39. The molecule has 2 aliphatic heterocycles. The van der Waals surface area contributed by atoms with Crippen molar-refractivity contribution in [1.29, 1.82) is 0 Å². The van der Waals surface area contributed by atoms with Crippen LogP contribution in [0.3, 0.4) is 0 Å². The number of ether oxygens (including phenoxy) is 2. The number of benzene rings is 1. The molecule has 1 saturated heterocycles. The van der Waals surface area contributed by atoms with Gasteiger partial charge >= 0.3 is 0 Å². The molecule has 4 nitrogen and oxygen atoms in total. The van der Waals surface area contributed by atoms with E-state index in [2.05, 4.69) is 20.8 Å². The van der Waals surface area contributed by atoms with Crippen LogP contribution in [0.4, 0.5) is 0 Å². The first-order valence-electron chi connectivity index (χ1n) is 8.17. The molecule has 1 aromatic rings. The zero-order chi connectivity index (χ0) is 16.5. The van der Waals surface area contributed by atoms with Crippen molar-refractivity contribution in [1.82, 2.24) is 0 Å². The molecule has 1 atom stereocenters. The molecule has 0 aliphatic carbocycles. The largest absolute Gasteiger partial charge is 0.492 e. The molecule has 0 radical (unpaired) electrons. The molecule has 0 aromatic heterocycles. The van der Waals surface area contributed by atoms with Crippen LogP contribution in [0.1, 0.15) is 39.2 Å². The van der Waals surface area contributed by atoms with Gasteiger partial charge in [-0.05, 0) is 44.9 Å². The zero-order valence-electron chi connectivity index (χ0n) is 14.0. The number of aliphatic hydroxyl groups is 1. The Labute approximate surface area is 142 Å². The van der Waals surface area contributed by atoms with E-state index < -0.39 is 5.60 Å². The summed E-state index contributed by atoms with van der Waals surface area (Å²) in [4.78, 5) is 0. The molecule has 0 saturated carbocycles. The maximum absolute atomic E-state index is 11.2. The normalized spacial score (nSPS) is 25.7. The van der Waals surface area contributed by atoms with E-state index in [0.717, 1.165) is 17.0 Å². The Morgan fingerprint density at radius 2 is 1.91 bits per heavy atom. The Morgan fingerprint density at radius 3 is 2.61 bits per heavy atom.